The molecule has 0 bridgehead atoms. The van der Waals surface area contributed by atoms with Crippen molar-refractivity contribution >= 4 is 40.6 Å². The highest BCUT2D eigenvalue weighted by molar-refractivity contribution is 7.99. The number of carbonyl (C=O) groups is 3. The number of hydrogen-bond acceptors (Lipinski definition) is 5. The van der Waals surface area contributed by atoms with Crippen LogP contribution >= 0.6 is 11.8 Å². The van der Waals surface area contributed by atoms with E-state index in [1.807, 2.05) is 37.3 Å². The summed E-state index contributed by atoms with van der Waals surface area (Å²) < 4.78 is 0. The van der Waals surface area contributed by atoms with Gasteiger partial charge in [0.15, 0.2) is 5.16 Å². The summed E-state index contributed by atoms with van der Waals surface area (Å²) in [4.78, 5) is 45.3. The highest BCUT2D eigenvalue weighted by Crippen LogP contribution is 2.31. The third kappa shape index (κ3) is 3.44. The molecule has 0 spiro atoms. The number of aromatic nitrogens is 2. The van der Waals surface area contributed by atoms with Crippen LogP contribution in [0.4, 0.5) is 4.79 Å². The predicted octanol–water partition coefficient (Wildman–Crippen LogP) is 2.54. The number of para-hydroxylation sites is 2. The highest BCUT2D eigenvalue weighted by Gasteiger charge is 2.52. The van der Waals surface area contributed by atoms with Gasteiger partial charge in [0, 0.05) is 0 Å². The summed E-state index contributed by atoms with van der Waals surface area (Å²) in [6.07, 6.45) is 0.363. The van der Waals surface area contributed by atoms with Crippen LogP contribution in [0.25, 0.3) is 11.0 Å². The minimum atomic E-state index is -1.18. The lowest BCUT2D eigenvalue weighted by atomic mass is 9.87. The summed E-state index contributed by atoms with van der Waals surface area (Å²) in [5, 5.41) is 4.08. The summed E-state index contributed by atoms with van der Waals surface area (Å²) in [6.45, 7) is 1.81. The number of imide groups is 1. The van der Waals surface area contributed by atoms with Crippen molar-refractivity contribution < 1.29 is 14.4 Å². The number of imidazole rings is 1. The van der Waals surface area contributed by atoms with Crippen molar-refractivity contribution in [2.45, 2.75) is 24.0 Å². The Kier molecular flexibility index (Phi) is 4.98. The van der Waals surface area contributed by atoms with Gasteiger partial charge in [-0.3, -0.25) is 15.0 Å². The van der Waals surface area contributed by atoms with Crippen molar-refractivity contribution in [1.82, 2.24) is 25.7 Å². The van der Waals surface area contributed by atoms with Crippen LogP contribution < -0.4 is 10.7 Å². The number of fused-ring (bicyclic) bond motifs is 1. The second-order valence-corrected chi connectivity index (χ2v) is 7.54. The molecule has 0 unspecified atom stereocenters. The average molecular weight is 409 g/mol. The quantitative estimate of drug-likeness (QED) is 0.428. The van der Waals surface area contributed by atoms with Gasteiger partial charge in [0.05, 0.1) is 16.8 Å². The second-order valence-electron chi connectivity index (χ2n) is 6.58. The van der Waals surface area contributed by atoms with Crippen LogP contribution in [0, 0.1) is 0 Å². The van der Waals surface area contributed by atoms with Crippen LogP contribution in [0.5, 0.6) is 0 Å². The van der Waals surface area contributed by atoms with Crippen molar-refractivity contribution in [3.8, 4) is 0 Å². The van der Waals surface area contributed by atoms with Gasteiger partial charge in [-0.15, -0.1) is 0 Å². The molecule has 1 aliphatic heterocycles. The minimum absolute atomic E-state index is 0.00133. The van der Waals surface area contributed by atoms with E-state index in [0.717, 1.165) is 16.0 Å². The number of thioether (sulfide) groups is 1. The smallest absolute Gasteiger partial charge is 0.333 e. The van der Waals surface area contributed by atoms with Gasteiger partial charge in [0.2, 0.25) is 5.91 Å². The molecule has 1 saturated heterocycles. The van der Waals surface area contributed by atoms with E-state index in [-0.39, 0.29) is 5.75 Å². The molecule has 1 aliphatic rings. The molecule has 4 rings (SSSR count). The number of aromatic amines is 1. The zero-order valence-electron chi connectivity index (χ0n) is 15.6. The lowest BCUT2D eigenvalue weighted by Crippen LogP contribution is -2.49. The standard InChI is InChI=1S/C20H19N5O3S/c1-2-20(13-8-4-3-5-9-13)17(27)25(19(28)23-20)24-16(26)12-29-18-21-14-10-6-7-11-15(14)22-18/h3-11H,2,12H2,1H3,(H,21,22)(H,23,28)(H,24,26)/t20-/m0/s1. The summed E-state index contributed by atoms with van der Waals surface area (Å²) in [7, 11) is 0. The normalized spacial score (nSPS) is 18.9. The van der Waals surface area contributed by atoms with Gasteiger partial charge in [-0.1, -0.05) is 61.2 Å². The topological polar surface area (TPSA) is 107 Å². The number of amides is 4. The van der Waals surface area contributed by atoms with E-state index in [1.165, 1.54) is 11.8 Å². The van der Waals surface area contributed by atoms with Gasteiger partial charge < -0.3 is 10.3 Å². The third-order valence-corrected chi connectivity index (χ3v) is 5.71. The molecule has 0 radical (unpaired) electrons. The number of nitrogens with one attached hydrogen (secondary N) is 3. The lowest BCUT2D eigenvalue weighted by Gasteiger charge is -2.25. The number of hydrazine groups is 1. The molecule has 1 atom stereocenters. The van der Waals surface area contributed by atoms with Crippen molar-refractivity contribution in [2.75, 3.05) is 5.75 Å². The molecule has 0 aliphatic carbocycles. The van der Waals surface area contributed by atoms with Crippen LogP contribution in [0.15, 0.2) is 59.8 Å². The van der Waals surface area contributed by atoms with Gasteiger partial charge in [-0.25, -0.2) is 9.78 Å². The molecular weight excluding hydrogens is 390 g/mol. The second kappa shape index (κ2) is 7.59. The molecule has 3 N–H and O–H groups in total. The maximum Gasteiger partial charge on any atom is 0.344 e. The molecule has 29 heavy (non-hydrogen) atoms. The summed E-state index contributed by atoms with van der Waals surface area (Å²) in [6, 6.07) is 15.9. The van der Waals surface area contributed by atoms with Crippen molar-refractivity contribution in [1.29, 1.82) is 0 Å². The molecule has 148 valence electrons. The Labute approximate surface area is 171 Å². The first-order chi connectivity index (χ1) is 14.0. The van der Waals surface area contributed by atoms with E-state index in [0.29, 0.717) is 17.1 Å². The maximum absolute atomic E-state index is 13.0. The van der Waals surface area contributed by atoms with Gasteiger partial charge >= 0.3 is 6.03 Å². The highest BCUT2D eigenvalue weighted by atomic mass is 32.2. The predicted molar refractivity (Wildman–Crippen MR) is 109 cm³/mol. The molecule has 8 nitrogen and oxygen atoms in total. The Morgan fingerprint density at radius 1 is 1.14 bits per heavy atom. The molecule has 2 aromatic carbocycles. The monoisotopic (exact) mass is 409 g/mol. The van der Waals surface area contributed by atoms with Crippen LogP contribution in [-0.4, -0.2) is 38.6 Å². The van der Waals surface area contributed by atoms with E-state index >= 15 is 0 Å². The number of nitrogens with zero attached hydrogens (tertiary/aromatic N) is 2. The Bertz CT molecular complexity index is 1050. The molecule has 0 saturated carbocycles. The van der Waals surface area contributed by atoms with E-state index in [2.05, 4.69) is 20.7 Å². The molecule has 2 heterocycles. The van der Waals surface area contributed by atoms with Gasteiger partial charge in [0.25, 0.3) is 5.91 Å². The fourth-order valence-electron chi connectivity index (χ4n) is 3.33. The van der Waals surface area contributed by atoms with E-state index in [4.69, 9.17) is 0 Å². The van der Waals surface area contributed by atoms with Gasteiger partial charge in [0.1, 0.15) is 5.54 Å². The first kappa shape index (κ1) is 19.0. The number of H-pyrrole nitrogens is 1. The third-order valence-electron chi connectivity index (χ3n) is 4.83. The molecular formula is C20H19N5O3S. The molecule has 9 heteroatoms. The fraction of sp³-hybridized carbons (Fsp3) is 0.200. The zero-order valence-corrected chi connectivity index (χ0v) is 16.5. The van der Waals surface area contributed by atoms with Crippen LogP contribution in [0.1, 0.15) is 18.9 Å². The number of hydrogen-bond donors (Lipinski definition) is 3. The van der Waals surface area contributed by atoms with Crippen molar-refractivity contribution in [3.05, 3.63) is 60.2 Å². The number of urea groups is 1. The van der Waals surface area contributed by atoms with Crippen LogP contribution in [0.2, 0.25) is 0 Å². The van der Waals surface area contributed by atoms with E-state index in [9.17, 15) is 14.4 Å². The van der Waals surface area contributed by atoms with Gasteiger partial charge in [-0.2, -0.15) is 5.01 Å². The number of carbonyl (C=O) groups excluding carboxylic acids is 3. The first-order valence-corrected chi connectivity index (χ1v) is 10.1. The number of benzene rings is 2. The van der Waals surface area contributed by atoms with E-state index < -0.39 is 23.4 Å². The Balaban J connectivity index is 1.44. The van der Waals surface area contributed by atoms with Crippen molar-refractivity contribution in [3.63, 3.8) is 0 Å². The Morgan fingerprint density at radius 3 is 2.59 bits per heavy atom. The Morgan fingerprint density at radius 2 is 1.86 bits per heavy atom. The molecule has 1 aromatic heterocycles. The number of rotatable bonds is 6. The van der Waals surface area contributed by atoms with E-state index in [1.54, 1.807) is 24.3 Å². The molecule has 1 fully saturated rings. The van der Waals surface area contributed by atoms with Crippen LogP contribution in [0.3, 0.4) is 0 Å². The lowest BCUT2D eigenvalue weighted by molar-refractivity contribution is -0.138. The molecule has 3 aromatic rings. The first-order valence-electron chi connectivity index (χ1n) is 9.13. The summed E-state index contributed by atoms with van der Waals surface area (Å²) >= 11 is 1.19. The van der Waals surface area contributed by atoms with Crippen molar-refractivity contribution in [2.24, 2.45) is 0 Å². The average Bonchev–Trinajstić information content (AvgIpc) is 3.27. The summed E-state index contributed by atoms with van der Waals surface area (Å²) in [5.74, 6) is -0.973. The SMILES string of the molecule is CC[C@@]1(c2ccccc2)NC(=O)N(NC(=O)CSc2nc3ccccc3[nH]2)C1=O. The molecule has 4 amide bonds. The minimum Gasteiger partial charge on any atom is -0.333 e. The largest absolute Gasteiger partial charge is 0.344 e. The van der Waals surface area contributed by atoms with Crippen LogP contribution in [-0.2, 0) is 15.1 Å². The van der Waals surface area contributed by atoms with Gasteiger partial charge in [-0.05, 0) is 24.1 Å². The zero-order chi connectivity index (χ0) is 20.4. The summed E-state index contributed by atoms with van der Waals surface area (Å²) in [5.41, 5.74) is 3.58. The maximum atomic E-state index is 13.0. The Hall–Kier alpha value is -3.33. The fourth-order valence-corrected chi connectivity index (χ4v) is 4.00.